The Kier molecular flexibility index (Phi) is 12.5. The van der Waals surface area contributed by atoms with Crippen LogP contribution in [0.2, 0.25) is 0 Å². The molecule has 1 aliphatic carbocycles. The van der Waals surface area contributed by atoms with Gasteiger partial charge in [0.25, 0.3) is 5.91 Å². The first-order valence-corrected chi connectivity index (χ1v) is 18.8. The van der Waals surface area contributed by atoms with Gasteiger partial charge in [-0.05, 0) is 98.5 Å². The fraction of sp³-hybridized carbons (Fsp3) is 0.476. The van der Waals surface area contributed by atoms with Gasteiger partial charge >= 0.3 is 0 Å². The molecule has 2 fully saturated rings. The quantitative estimate of drug-likeness (QED) is 0.142. The summed E-state index contributed by atoms with van der Waals surface area (Å²) in [6.45, 7) is 6.49. The summed E-state index contributed by atoms with van der Waals surface area (Å²) in [7, 11) is 0. The third kappa shape index (κ3) is 10.3. The van der Waals surface area contributed by atoms with Crippen LogP contribution in [0, 0.1) is 11.8 Å². The third-order valence-corrected chi connectivity index (χ3v) is 10.2. The second-order valence-electron chi connectivity index (χ2n) is 14.7. The molecular formula is C42H52N4O5. The van der Waals surface area contributed by atoms with Gasteiger partial charge in [-0.25, -0.2) is 0 Å². The molecule has 2 aliphatic rings. The van der Waals surface area contributed by atoms with Gasteiger partial charge in [-0.2, -0.15) is 0 Å². The highest BCUT2D eigenvalue weighted by atomic mass is 16.5. The Hall–Kier alpha value is -4.50. The summed E-state index contributed by atoms with van der Waals surface area (Å²) in [5.74, 6) is 0.962. The van der Waals surface area contributed by atoms with E-state index < -0.39 is 18.0 Å². The minimum Gasteiger partial charge on any atom is -0.494 e. The van der Waals surface area contributed by atoms with Crippen LogP contribution in [0.4, 0.5) is 0 Å². The van der Waals surface area contributed by atoms with Crippen molar-refractivity contribution in [2.45, 2.75) is 90.1 Å². The van der Waals surface area contributed by atoms with Gasteiger partial charge in [0, 0.05) is 23.7 Å². The predicted molar refractivity (Wildman–Crippen MR) is 200 cm³/mol. The predicted octanol–water partition coefficient (Wildman–Crippen LogP) is 7.38. The number of pyridine rings is 1. The number of hydrogen-bond donors (Lipinski definition) is 2. The normalized spacial score (nSPS) is 18.0. The summed E-state index contributed by atoms with van der Waals surface area (Å²) >= 11 is 0. The number of benzene rings is 2. The topological polar surface area (TPSA) is 114 Å². The number of ketones is 1. The van der Waals surface area contributed by atoms with Crippen LogP contribution in [0.3, 0.4) is 0 Å². The molecule has 1 saturated heterocycles. The molecule has 0 radical (unpaired) electrons. The van der Waals surface area contributed by atoms with Crippen molar-refractivity contribution in [2.24, 2.45) is 11.8 Å². The zero-order valence-electron chi connectivity index (χ0n) is 30.1. The molecule has 51 heavy (non-hydrogen) atoms. The molecule has 9 heteroatoms. The number of rotatable bonds is 14. The first-order chi connectivity index (χ1) is 24.8. The Morgan fingerprint density at radius 3 is 2.65 bits per heavy atom. The van der Waals surface area contributed by atoms with Gasteiger partial charge in [-0.15, -0.1) is 0 Å². The lowest BCUT2D eigenvalue weighted by atomic mass is 9.87. The van der Waals surface area contributed by atoms with E-state index in [0.29, 0.717) is 25.0 Å². The van der Waals surface area contributed by atoms with Gasteiger partial charge in [0.2, 0.25) is 5.91 Å². The number of carbonyl (C=O) groups is 3. The number of amides is 2. The molecule has 1 unspecified atom stereocenters. The second-order valence-corrected chi connectivity index (χ2v) is 14.7. The summed E-state index contributed by atoms with van der Waals surface area (Å²) in [6, 6.07) is 20.1. The highest BCUT2D eigenvalue weighted by Gasteiger charge is 2.30. The summed E-state index contributed by atoms with van der Waals surface area (Å²) in [5, 5.41) is 6.65. The van der Waals surface area contributed by atoms with Crippen molar-refractivity contribution in [1.82, 2.24) is 20.5 Å². The molecule has 1 aliphatic heterocycles. The number of likely N-dealkylation sites (tertiary alicyclic amines) is 1. The molecule has 2 aromatic carbocycles. The Labute approximate surface area is 301 Å². The molecule has 2 amide bonds. The minimum atomic E-state index is -0.803. The molecule has 1 saturated carbocycles. The van der Waals surface area contributed by atoms with Crippen LogP contribution >= 0.6 is 0 Å². The summed E-state index contributed by atoms with van der Waals surface area (Å²) in [4.78, 5) is 47.0. The number of aromatic nitrogens is 1. The van der Waals surface area contributed by atoms with E-state index in [1.54, 1.807) is 12.3 Å². The number of fused-ring (bicyclic) bond motifs is 1. The lowest BCUT2D eigenvalue weighted by Gasteiger charge is -2.23. The van der Waals surface area contributed by atoms with Crippen molar-refractivity contribution in [3.8, 4) is 17.0 Å². The van der Waals surface area contributed by atoms with Crippen LogP contribution in [0.25, 0.3) is 22.2 Å². The monoisotopic (exact) mass is 692 g/mol. The van der Waals surface area contributed by atoms with Crippen molar-refractivity contribution in [2.75, 3.05) is 26.2 Å². The van der Waals surface area contributed by atoms with E-state index >= 15 is 0 Å². The smallest absolute Gasteiger partial charge is 0.287 e. The summed E-state index contributed by atoms with van der Waals surface area (Å²) in [6.07, 6.45) is 12.0. The van der Waals surface area contributed by atoms with E-state index in [1.165, 1.54) is 37.7 Å². The first-order valence-electron chi connectivity index (χ1n) is 18.8. The standard InChI is InChI=1S/C42H52N4O5/c1-29(2)24-37(45-42(49)40-27-33-26-34(16-17-39(33)51-40)50-23-19-30-10-4-3-5-11-30)41(48)44-36-15-9-21-46(28-38(36)47)22-18-31-12-8-13-32(25-31)35-14-6-7-20-43-35/h6-8,12-14,16-17,20,25-27,29-30,36-37H,3-5,9-11,15,18-19,21-24,28H2,1-2H3,(H,44,48)(H,45,49)/t36?,37-/m0/s1. The van der Waals surface area contributed by atoms with Crippen LogP contribution in [0.1, 0.15) is 87.8 Å². The molecule has 0 bridgehead atoms. The number of carbonyl (C=O) groups excluding carboxylic acids is 3. The molecule has 6 rings (SSSR count). The van der Waals surface area contributed by atoms with Crippen LogP contribution in [0.5, 0.6) is 5.75 Å². The number of nitrogens with one attached hydrogen (secondary N) is 2. The van der Waals surface area contributed by atoms with Gasteiger partial charge in [-0.3, -0.25) is 24.3 Å². The van der Waals surface area contributed by atoms with Crippen molar-refractivity contribution in [1.29, 1.82) is 0 Å². The molecule has 2 aromatic heterocycles. The molecule has 2 atom stereocenters. The molecule has 3 heterocycles. The van der Waals surface area contributed by atoms with Crippen molar-refractivity contribution < 1.29 is 23.5 Å². The molecular weight excluding hydrogens is 640 g/mol. The van der Waals surface area contributed by atoms with Crippen LogP contribution in [-0.4, -0.2) is 65.8 Å². The van der Waals surface area contributed by atoms with E-state index in [0.717, 1.165) is 60.7 Å². The minimum absolute atomic E-state index is 0.00763. The second kappa shape index (κ2) is 17.6. The average molecular weight is 693 g/mol. The van der Waals surface area contributed by atoms with Crippen LogP contribution < -0.4 is 15.4 Å². The van der Waals surface area contributed by atoms with Crippen molar-refractivity contribution in [3.63, 3.8) is 0 Å². The number of nitrogens with zero attached hydrogens (tertiary/aromatic N) is 2. The lowest BCUT2D eigenvalue weighted by Crippen LogP contribution is -2.52. The Morgan fingerprint density at radius 2 is 1.84 bits per heavy atom. The van der Waals surface area contributed by atoms with E-state index in [4.69, 9.17) is 9.15 Å². The van der Waals surface area contributed by atoms with Crippen molar-refractivity contribution >= 4 is 28.6 Å². The van der Waals surface area contributed by atoms with Gasteiger partial charge in [0.15, 0.2) is 11.5 Å². The van der Waals surface area contributed by atoms with Gasteiger partial charge in [0.1, 0.15) is 17.4 Å². The zero-order chi connectivity index (χ0) is 35.6. The molecule has 9 nitrogen and oxygen atoms in total. The largest absolute Gasteiger partial charge is 0.494 e. The number of hydrogen-bond acceptors (Lipinski definition) is 7. The van der Waals surface area contributed by atoms with Crippen LogP contribution in [-0.2, 0) is 16.0 Å². The first kappa shape index (κ1) is 36.3. The maximum atomic E-state index is 13.6. The Morgan fingerprint density at radius 1 is 0.980 bits per heavy atom. The van der Waals surface area contributed by atoms with Gasteiger partial charge in [0.05, 0.1) is 24.9 Å². The Bertz CT molecular complexity index is 1760. The maximum absolute atomic E-state index is 13.6. The summed E-state index contributed by atoms with van der Waals surface area (Å²) in [5.41, 5.74) is 3.78. The SMILES string of the molecule is CC(C)C[C@H](NC(=O)c1cc2cc(OCCC3CCCCC3)ccc2o1)C(=O)NC1CCCN(CCc2cccc(-c3ccccn3)c2)CC1=O. The molecule has 270 valence electrons. The molecule has 2 N–H and O–H groups in total. The van der Waals surface area contributed by atoms with Gasteiger partial charge in [-0.1, -0.05) is 70.2 Å². The zero-order valence-corrected chi connectivity index (χ0v) is 30.1. The van der Waals surface area contributed by atoms with E-state index in [9.17, 15) is 14.4 Å². The van der Waals surface area contributed by atoms with E-state index in [-0.39, 0.29) is 29.9 Å². The lowest BCUT2D eigenvalue weighted by molar-refractivity contribution is -0.129. The number of furan rings is 1. The molecule has 0 spiro atoms. The van der Waals surface area contributed by atoms with Crippen molar-refractivity contribution in [3.05, 3.63) is 84.3 Å². The average Bonchev–Trinajstić information content (AvgIpc) is 3.49. The van der Waals surface area contributed by atoms with Gasteiger partial charge < -0.3 is 19.8 Å². The summed E-state index contributed by atoms with van der Waals surface area (Å²) < 4.78 is 11.9. The van der Waals surface area contributed by atoms with E-state index in [2.05, 4.69) is 38.7 Å². The number of Topliss-reactive ketones (excluding diaryl/α,β-unsaturated/α-hetero) is 1. The Balaban J connectivity index is 1.01. The number of ether oxygens (including phenoxy) is 1. The maximum Gasteiger partial charge on any atom is 0.287 e. The fourth-order valence-corrected chi connectivity index (χ4v) is 7.39. The highest BCUT2D eigenvalue weighted by Crippen LogP contribution is 2.28. The third-order valence-electron chi connectivity index (χ3n) is 10.2. The van der Waals surface area contributed by atoms with Crippen LogP contribution in [0.15, 0.2) is 77.3 Å². The highest BCUT2D eigenvalue weighted by molar-refractivity contribution is 5.99. The molecule has 4 aromatic rings. The van der Waals surface area contributed by atoms with E-state index in [1.807, 2.05) is 56.3 Å². The fourth-order valence-electron chi connectivity index (χ4n) is 7.39.